The number of methoxy groups -OCH3 is 1. The minimum atomic E-state index is -0.524. The highest BCUT2D eigenvalue weighted by molar-refractivity contribution is 5.86. The Morgan fingerprint density at radius 1 is 1.20 bits per heavy atom. The SMILES string of the molecule is CCc1ccc(CC(=O)C(OC)c2ccccc2)nc1. The summed E-state index contributed by atoms with van der Waals surface area (Å²) < 4.78 is 5.34. The summed E-state index contributed by atoms with van der Waals surface area (Å²) in [7, 11) is 1.56. The molecule has 0 spiro atoms. The van der Waals surface area contributed by atoms with E-state index in [9.17, 15) is 4.79 Å². The summed E-state index contributed by atoms with van der Waals surface area (Å²) in [6.45, 7) is 2.08. The van der Waals surface area contributed by atoms with Crippen molar-refractivity contribution in [2.75, 3.05) is 7.11 Å². The van der Waals surface area contributed by atoms with E-state index in [-0.39, 0.29) is 12.2 Å². The Labute approximate surface area is 119 Å². The average Bonchev–Trinajstić information content (AvgIpc) is 2.50. The highest BCUT2D eigenvalue weighted by Crippen LogP contribution is 2.19. The van der Waals surface area contributed by atoms with Crippen molar-refractivity contribution >= 4 is 5.78 Å². The first-order chi connectivity index (χ1) is 9.74. The molecule has 1 aromatic heterocycles. The van der Waals surface area contributed by atoms with Crippen molar-refractivity contribution in [1.29, 1.82) is 0 Å². The van der Waals surface area contributed by atoms with Crippen molar-refractivity contribution in [3.63, 3.8) is 0 Å². The molecule has 0 radical (unpaired) electrons. The number of aromatic nitrogens is 1. The first kappa shape index (κ1) is 14.4. The molecular weight excluding hydrogens is 250 g/mol. The van der Waals surface area contributed by atoms with E-state index in [2.05, 4.69) is 11.9 Å². The van der Waals surface area contributed by atoms with Crippen LogP contribution >= 0.6 is 0 Å². The lowest BCUT2D eigenvalue weighted by Crippen LogP contribution is -2.17. The number of nitrogens with zero attached hydrogens (tertiary/aromatic N) is 1. The second-order valence-electron chi connectivity index (χ2n) is 4.68. The van der Waals surface area contributed by atoms with Crippen molar-refractivity contribution in [2.45, 2.75) is 25.9 Å². The molecule has 0 amide bonds. The molecule has 0 saturated heterocycles. The smallest absolute Gasteiger partial charge is 0.172 e. The molecule has 2 rings (SSSR count). The van der Waals surface area contributed by atoms with Crippen LogP contribution in [0.15, 0.2) is 48.7 Å². The van der Waals surface area contributed by atoms with Crippen LogP contribution in [0.1, 0.15) is 29.8 Å². The molecular formula is C17H19NO2. The van der Waals surface area contributed by atoms with Gasteiger partial charge in [0.1, 0.15) is 6.10 Å². The summed E-state index contributed by atoms with van der Waals surface area (Å²) in [5.74, 6) is 0.0236. The van der Waals surface area contributed by atoms with Crippen LogP contribution in [0, 0.1) is 0 Å². The molecule has 0 N–H and O–H groups in total. The minimum absolute atomic E-state index is 0.0236. The van der Waals surface area contributed by atoms with Crippen LogP contribution in [0.2, 0.25) is 0 Å². The molecule has 0 fully saturated rings. The molecule has 1 unspecified atom stereocenters. The van der Waals surface area contributed by atoms with Crippen LogP contribution in [-0.2, 0) is 22.4 Å². The van der Waals surface area contributed by atoms with Crippen LogP contribution < -0.4 is 0 Å². The molecule has 0 bridgehead atoms. The van der Waals surface area contributed by atoms with Crippen molar-refractivity contribution in [1.82, 2.24) is 4.98 Å². The third-order valence-electron chi connectivity index (χ3n) is 3.28. The predicted molar refractivity (Wildman–Crippen MR) is 78.5 cm³/mol. The lowest BCUT2D eigenvalue weighted by Gasteiger charge is -2.14. The fourth-order valence-corrected chi connectivity index (χ4v) is 2.12. The Morgan fingerprint density at radius 2 is 1.95 bits per heavy atom. The number of Topliss-reactive ketones (excluding diaryl/α,β-unsaturated/α-hetero) is 1. The molecule has 2 aromatic rings. The van der Waals surface area contributed by atoms with Gasteiger partial charge in [0.25, 0.3) is 0 Å². The maximum atomic E-state index is 12.3. The normalized spacial score (nSPS) is 12.1. The van der Waals surface area contributed by atoms with Crippen LogP contribution in [0.25, 0.3) is 0 Å². The maximum absolute atomic E-state index is 12.3. The van der Waals surface area contributed by atoms with E-state index in [1.54, 1.807) is 7.11 Å². The van der Waals surface area contributed by atoms with Gasteiger partial charge in [-0.2, -0.15) is 0 Å². The van der Waals surface area contributed by atoms with E-state index in [1.807, 2.05) is 48.7 Å². The van der Waals surface area contributed by atoms with Gasteiger partial charge in [0.05, 0.1) is 6.42 Å². The second-order valence-corrected chi connectivity index (χ2v) is 4.68. The number of ketones is 1. The fourth-order valence-electron chi connectivity index (χ4n) is 2.12. The average molecular weight is 269 g/mol. The topological polar surface area (TPSA) is 39.2 Å². The highest BCUT2D eigenvalue weighted by Gasteiger charge is 2.20. The van der Waals surface area contributed by atoms with Gasteiger partial charge in [-0.15, -0.1) is 0 Å². The van der Waals surface area contributed by atoms with E-state index >= 15 is 0 Å². The van der Waals surface area contributed by atoms with E-state index in [1.165, 1.54) is 5.56 Å². The number of carbonyl (C=O) groups excluding carboxylic acids is 1. The van der Waals surface area contributed by atoms with Crippen molar-refractivity contribution in [3.8, 4) is 0 Å². The summed E-state index contributed by atoms with van der Waals surface area (Å²) in [4.78, 5) is 16.7. The largest absolute Gasteiger partial charge is 0.369 e. The third kappa shape index (κ3) is 3.52. The van der Waals surface area contributed by atoms with Crippen LogP contribution in [0.4, 0.5) is 0 Å². The molecule has 3 heteroatoms. The first-order valence-electron chi connectivity index (χ1n) is 6.79. The zero-order valence-electron chi connectivity index (χ0n) is 11.9. The van der Waals surface area contributed by atoms with Gasteiger partial charge in [0.15, 0.2) is 5.78 Å². The van der Waals surface area contributed by atoms with Crippen molar-refractivity contribution in [2.24, 2.45) is 0 Å². The van der Waals surface area contributed by atoms with E-state index < -0.39 is 6.10 Å². The zero-order valence-corrected chi connectivity index (χ0v) is 11.9. The number of hydrogen-bond acceptors (Lipinski definition) is 3. The number of ether oxygens (including phenoxy) is 1. The lowest BCUT2D eigenvalue weighted by atomic mass is 10.0. The molecule has 104 valence electrons. The molecule has 0 aliphatic rings. The molecule has 3 nitrogen and oxygen atoms in total. The van der Waals surface area contributed by atoms with Crippen LogP contribution in [0.5, 0.6) is 0 Å². The number of benzene rings is 1. The summed E-state index contributed by atoms with van der Waals surface area (Å²) in [5, 5.41) is 0. The van der Waals surface area contributed by atoms with Crippen LogP contribution in [-0.4, -0.2) is 17.9 Å². The molecule has 0 aliphatic carbocycles. The second kappa shape index (κ2) is 6.96. The number of aryl methyl sites for hydroxylation is 1. The minimum Gasteiger partial charge on any atom is -0.369 e. The van der Waals surface area contributed by atoms with Crippen LogP contribution in [0.3, 0.4) is 0 Å². The molecule has 0 aliphatic heterocycles. The number of carbonyl (C=O) groups is 1. The van der Waals surface area contributed by atoms with Gasteiger partial charge in [-0.3, -0.25) is 9.78 Å². The Morgan fingerprint density at radius 3 is 2.50 bits per heavy atom. The van der Waals surface area contributed by atoms with E-state index in [0.717, 1.165) is 17.7 Å². The summed E-state index contributed by atoms with van der Waals surface area (Å²) in [6, 6.07) is 13.5. The molecule has 1 heterocycles. The Bertz CT molecular complexity index is 549. The predicted octanol–water partition coefficient (Wildman–Crippen LogP) is 3.14. The molecule has 1 aromatic carbocycles. The number of hydrogen-bond donors (Lipinski definition) is 0. The lowest BCUT2D eigenvalue weighted by molar-refractivity contribution is -0.128. The molecule has 20 heavy (non-hydrogen) atoms. The summed E-state index contributed by atoms with van der Waals surface area (Å²) >= 11 is 0. The molecule has 1 atom stereocenters. The van der Waals surface area contributed by atoms with Gasteiger partial charge in [-0.05, 0) is 23.6 Å². The summed E-state index contributed by atoms with van der Waals surface area (Å²) in [6.07, 6.45) is 2.54. The van der Waals surface area contributed by atoms with Crippen molar-refractivity contribution in [3.05, 3.63) is 65.5 Å². The Hall–Kier alpha value is -2.00. The summed E-state index contributed by atoms with van der Waals surface area (Å²) in [5.41, 5.74) is 2.84. The van der Waals surface area contributed by atoms with Gasteiger partial charge in [-0.1, -0.05) is 43.3 Å². The first-order valence-corrected chi connectivity index (χ1v) is 6.79. The number of rotatable bonds is 6. The van der Waals surface area contributed by atoms with Gasteiger partial charge in [-0.25, -0.2) is 0 Å². The molecule has 0 saturated carbocycles. The van der Waals surface area contributed by atoms with Crippen molar-refractivity contribution < 1.29 is 9.53 Å². The van der Waals surface area contributed by atoms with Gasteiger partial charge in [0.2, 0.25) is 0 Å². The highest BCUT2D eigenvalue weighted by atomic mass is 16.5. The Balaban J connectivity index is 2.09. The van der Waals surface area contributed by atoms with E-state index in [4.69, 9.17) is 4.74 Å². The monoisotopic (exact) mass is 269 g/mol. The fraction of sp³-hybridized carbons (Fsp3) is 0.294. The zero-order chi connectivity index (χ0) is 14.4. The van der Waals surface area contributed by atoms with Gasteiger partial charge < -0.3 is 4.74 Å². The third-order valence-corrected chi connectivity index (χ3v) is 3.28. The van der Waals surface area contributed by atoms with Gasteiger partial charge in [0, 0.05) is 19.0 Å². The number of pyridine rings is 1. The standard InChI is InChI=1S/C17H19NO2/c1-3-13-9-10-15(18-12-13)11-16(19)17(20-2)14-7-5-4-6-8-14/h4-10,12,17H,3,11H2,1-2H3. The van der Waals surface area contributed by atoms with Gasteiger partial charge >= 0.3 is 0 Å². The van der Waals surface area contributed by atoms with E-state index in [0.29, 0.717) is 0 Å². The Kier molecular flexibility index (Phi) is 5.02. The quantitative estimate of drug-likeness (QED) is 0.808. The maximum Gasteiger partial charge on any atom is 0.172 e.